The molecule has 0 radical (unpaired) electrons. The molecule has 0 fully saturated rings. The van der Waals surface area contributed by atoms with E-state index in [9.17, 15) is 0 Å². The van der Waals surface area contributed by atoms with Crippen molar-refractivity contribution < 1.29 is 0 Å². The molecule has 4 nitrogen and oxygen atoms in total. The zero-order valence-electron chi connectivity index (χ0n) is 8.56. The topological polar surface area (TPSA) is 51.6 Å². The van der Waals surface area contributed by atoms with Crippen LogP contribution in [0.5, 0.6) is 0 Å². The Morgan fingerprint density at radius 1 is 0.562 bits per heavy atom. The maximum atomic E-state index is 4.12. The molecular formula is C12H10N4. The molecule has 0 aliphatic carbocycles. The second kappa shape index (κ2) is 5.50. The standard InChI is InChI=1S/C8H6N2.C4H4N2/c1-3-7-8(9-5-1)4-2-6-10-7;1-2-4-6-5-3-1/h1-6H;1-4H. The molecule has 16 heavy (non-hydrogen) atoms. The Kier molecular flexibility index (Phi) is 3.50. The predicted molar refractivity (Wildman–Crippen MR) is 61.6 cm³/mol. The number of nitrogens with zero attached hydrogens (tertiary/aromatic N) is 4. The third-order valence-electron chi connectivity index (χ3n) is 1.85. The first-order valence-electron chi connectivity index (χ1n) is 4.84. The summed E-state index contributed by atoms with van der Waals surface area (Å²) in [5.74, 6) is 0. The molecule has 0 unspecified atom stereocenters. The zero-order valence-corrected chi connectivity index (χ0v) is 8.56. The molecule has 0 aliphatic heterocycles. The lowest BCUT2D eigenvalue weighted by molar-refractivity contribution is 1.03. The van der Waals surface area contributed by atoms with Crippen molar-refractivity contribution in [3.05, 3.63) is 61.2 Å². The van der Waals surface area contributed by atoms with Gasteiger partial charge < -0.3 is 0 Å². The lowest BCUT2D eigenvalue weighted by atomic mass is 10.3. The largest absolute Gasteiger partial charge is 0.255 e. The number of rotatable bonds is 0. The van der Waals surface area contributed by atoms with E-state index in [1.54, 1.807) is 24.8 Å². The highest BCUT2D eigenvalue weighted by molar-refractivity contribution is 5.72. The number of fused-ring (bicyclic) bond motifs is 1. The van der Waals surface area contributed by atoms with Crippen LogP contribution in [0.1, 0.15) is 0 Å². The van der Waals surface area contributed by atoms with Crippen LogP contribution in [0.4, 0.5) is 0 Å². The number of aromatic nitrogens is 4. The highest BCUT2D eigenvalue weighted by Gasteiger charge is 1.88. The van der Waals surface area contributed by atoms with Crippen molar-refractivity contribution in [2.24, 2.45) is 0 Å². The van der Waals surface area contributed by atoms with Gasteiger partial charge in [0, 0.05) is 24.8 Å². The first kappa shape index (κ1) is 10.2. The van der Waals surface area contributed by atoms with E-state index in [1.165, 1.54) is 0 Å². The van der Waals surface area contributed by atoms with E-state index in [-0.39, 0.29) is 0 Å². The molecule has 0 aromatic carbocycles. The van der Waals surface area contributed by atoms with E-state index >= 15 is 0 Å². The summed E-state index contributed by atoms with van der Waals surface area (Å²) >= 11 is 0. The van der Waals surface area contributed by atoms with Crippen molar-refractivity contribution in [2.45, 2.75) is 0 Å². The summed E-state index contributed by atoms with van der Waals surface area (Å²) in [5, 5.41) is 7.07. The lowest BCUT2D eigenvalue weighted by Gasteiger charge is -1.90. The fourth-order valence-corrected chi connectivity index (χ4v) is 1.16. The highest BCUT2D eigenvalue weighted by Crippen LogP contribution is 2.04. The lowest BCUT2D eigenvalue weighted by Crippen LogP contribution is -1.78. The third kappa shape index (κ3) is 2.81. The second-order valence-corrected chi connectivity index (χ2v) is 2.96. The molecule has 0 amide bonds. The van der Waals surface area contributed by atoms with Gasteiger partial charge in [-0.15, -0.1) is 0 Å². The first-order chi connectivity index (χ1) is 7.97. The fourth-order valence-electron chi connectivity index (χ4n) is 1.16. The van der Waals surface area contributed by atoms with Crippen LogP contribution >= 0.6 is 0 Å². The van der Waals surface area contributed by atoms with Crippen molar-refractivity contribution in [3.8, 4) is 0 Å². The molecule has 0 bridgehead atoms. The Balaban J connectivity index is 0.000000138. The van der Waals surface area contributed by atoms with E-state index in [0.29, 0.717) is 0 Å². The number of hydrogen-bond donors (Lipinski definition) is 0. The van der Waals surface area contributed by atoms with Gasteiger partial charge in [-0.05, 0) is 36.4 Å². The highest BCUT2D eigenvalue weighted by atomic mass is 15.1. The van der Waals surface area contributed by atoms with Crippen LogP contribution in [0.25, 0.3) is 11.0 Å². The Hall–Kier alpha value is -2.36. The van der Waals surface area contributed by atoms with Gasteiger partial charge in [0.2, 0.25) is 0 Å². The second-order valence-electron chi connectivity index (χ2n) is 2.96. The monoisotopic (exact) mass is 210 g/mol. The molecule has 3 heterocycles. The van der Waals surface area contributed by atoms with Gasteiger partial charge in [0.15, 0.2) is 0 Å². The SMILES string of the molecule is c1ccnnc1.c1cnc2cccnc2c1. The Morgan fingerprint density at radius 2 is 1.06 bits per heavy atom. The third-order valence-corrected chi connectivity index (χ3v) is 1.85. The Morgan fingerprint density at radius 3 is 1.44 bits per heavy atom. The smallest absolute Gasteiger partial charge is 0.0886 e. The van der Waals surface area contributed by atoms with Gasteiger partial charge in [-0.3, -0.25) is 9.97 Å². The number of hydrogen-bond acceptors (Lipinski definition) is 4. The molecule has 4 heteroatoms. The van der Waals surface area contributed by atoms with Gasteiger partial charge in [0.05, 0.1) is 11.0 Å². The van der Waals surface area contributed by atoms with Crippen LogP contribution in [0, 0.1) is 0 Å². The van der Waals surface area contributed by atoms with Crippen molar-refractivity contribution in [1.82, 2.24) is 20.2 Å². The normalized spacial score (nSPS) is 9.25. The molecule has 0 atom stereocenters. The van der Waals surface area contributed by atoms with Crippen molar-refractivity contribution in [1.29, 1.82) is 0 Å². The van der Waals surface area contributed by atoms with Crippen molar-refractivity contribution in [3.63, 3.8) is 0 Å². The molecule has 3 rings (SSSR count). The fraction of sp³-hybridized carbons (Fsp3) is 0. The number of pyridine rings is 2. The van der Waals surface area contributed by atoms with Crippen LogP contribution in [-0.4, -0.2) is 20.2 Å². The summed E-state index contributed by atoms with van der Waals surface area (Å²) in [7, 11) is 0. The van der Waals surface area contributed by atoms with Crippen LogP contribution < -0.4 is 0 Å². The average Bonchev–Trinajstić information content (AvgIpc) is 2.42. The van der Waals surface area contributed by atoms with E-state index < -0.39 is 0 Å². The minimum Gasteiger partial charge on any atom is -0.255 e. The average molecular weight is 210 g/mol. The quantitative estimate of drug-likeness (QED) is 0.570. The minimum atomic E-state index is 0.949. The molecule has 3 aromatic heterocycles. The molecule has 78 valence electrons. The summed E-state index contributed by atoms with van der Waals surface area (Å²) < 4.78 is 0. The van der Waals surface area contributed by atoms with Crippen LogP contribution in [-0.2, 0) is 0 Å². The van der Waals surface area contributed by atoms with Gasteiger partial charge in [-0.2, -0.15) is 10.2 Å². The van der Waals surface area contributed by atoms with E-state index in [4.69, 9.17) is 0 Å². The molecule has 0 saturated carbocycles. The van der Waals surface area contributed by atoms with E-state index in [1.807, 2.05) is 36.4 Å². The van der Waals surface area contributed by atoms with Gasteiger partial charge in [-0.25, -0.2) is 0 Å². The predicted octanol–water partition coefficient (Wildman–Crippen LogP) is 2.11. The van der Waals surface area contributed by atoms with Crippen LogP contribution in [0.2, 0.25) is 0 Å². The van der Waals surface area contributed by atoms with Gasteiger partial charge in [-0.1, -0.05) is 0 Å². The summed E-state index contributed by atoms with van der Waals surface area (Å²) in [5.41, 5.74) is 1.90. The van der Waals surface area contributed by atoms with Gasteiger partial charge in [0.25, 0.3) is 0 Å². The maximum Gasteiger partial charge on any atom is 0.0886 e. The first-order valence-corrected chi connectivity index (χ1v) is 4.84. The summed E-state index contributed by atoms with van der Waals surface area (Å²) in [6, 6.07) is 11.3. The molecule has 0 aliphatic rings. The Labute approximate surface area is 93.0 Å². The molecule has 0 saturated heterocycles. The summed E-state index contributed by atoms with van der Waals surface area (Å²) in [6.45, 7) is 0. The van der Waals surface area contributed by atoms with Crippen molar-refractivity contribution >= 4 is 11.0 Å². The molecule has 0 N–H and O–H groups in total. The van der Waals surface area contributed by atoms with E-state index in [0.717, 1.165) is 11.0 Å². The van der Waals surface area contributed by atoms with Gasteiger partial charge >= 0.3 is 0 Å². The van der Waals surface area contributed by atoms with Crippen LogP contribution in [0.3, 0.4) is 0 Å². The zero-order chi connectivity index (χ0) is 11.1. The van der Waals surface area contributed by atoms with Crippen molar-refractivity contribution in [2.75, 3.05) is 0 Å². The molecule has 0 spiro atoms. The summed E-state index contributed by atoms with van der Waals surface area (Å²) in [4.78, 5) is 8.24. The Bertz CT molecular complexity index is 447. The summed E-state index contributed by atoms with van der Waals surface area (Å²) in [6.07, 6.45) is 6.81. The maximum absolute atomic E-state index is 4.12. The van der Waals surface area contributed by atoms with E-state index in [2.05, 4.69) is 20.2 Å². The van der Waals surface area contributed by atoms with Gasteiger partial charge in [0.1, 0.15) is 0 Å². The minimum absolute atomic E-state index is 0.949. The molecular weight excluding hydrogens is 200 g/mol. The molecule has 3 aromatic rings. The van der Waals surface area contributed by atoms with Crippen LogP contribution in [0.15, 0.2) is 61.2 Å².